The number of amides is 4. The van der Waals surface area contributed by atoms with E-state index in [1.165, 1.54) is 13.2 Å². The Labute approximate surface area is 209 Å². The highest BCUT2D eigenvalue weighted by Crippen LogP contribution is 2.30. The monoisotopic (exact) mass is 486 g/mol. The maximum Gasteiger partial charge on any atom is 0.335 e. The standard InChI is InChI=1S/C28H26N2O6/c1-18(2)36-25-16-23(34-3)12-9-20(25)15-24-26(31)29-28(33)30(27(24)32)21-10-13-22(14-11-21)35-17-19-7-5-4-6-8-19/h4-16,18H,17H2,1-3H3,(H,29,31,33)/b24-15+. The summed E-state index contributed by atoms with van der Waals surface area (Å²) >= 11 is 0. The molecule has 8 nitrogen and oxygen atoms in total. The molecule has 1 fully saturated rings. The number of hydrogen-bond acceptors (Lipinski definition) is 6. The number of methoxy groups -OCH3 is 1. The average Bonchev–Trinajstić information content (AvgIpc) is 2.87. The zero-order valence-electron chi connectivity index (χ0n) is 20.2. The predicted molar refractivity (Wildman–Crippen MR) is 135 cm³/mol. The summed E-state index contributed by atoms with van der Waals surface area (Å²) in [7, 11) is 1.53. The lowest BCUT2D eigenvalue weighted by atomic mass is 10.1. The number of carbonyl (C=O) groups is 3. The van der Waals surface area contributed by atoms with Gasteiger partial charge in [-0.15, -0.1) is 0 Å². The first-order chi connectivity index (χ1) is 17.4. The number of nitrogens with one attached hydrogen (secondary N) is 1. The van der Waals surface area contributed by atoms with Gasteiger partial charge in [-0.25, -0.2) is 9.69 Å². The zero-order chi connectivity index (χ0) is 25.7. The third-order valence-corrected chi connectivity index (χ3v) is 5.33. The van der Waals surface area contributed by atoms with Crippen molar-refractivity contribution in [1.82, 2.24) is 5.32 Å². The molecule has 0 aliphatic carbocycles. The summed E-state index contributed by atoms with van der Waals surface area (Å²) in [6.07, 6.45) is 1.26. The van der Waals surface area contributed by atoms with E-state index < -0.39 is 17.8 Å². The number of rotatable bonds is 8. The Hall–Kier alpha value is -4.59. The van der Waals surface area contributed by atoms with E-state index in [-0.39, 0.29) is 11.7 Å². The number of ether oxygens (including phenoxy) is 3. The molecule has 1 saturated heterocycles. The van der Waals surface area contributed by atoms with Crippen LogP contribution in [0.15, 0.2) is 78.4 Å². The van der Waals surface area contributed by atoms with E-state index >= 15 is 0 Å². The molecule has 0 radical (unpaired) electrons. The minimum Gasteiger partial charge on any atom is -0.497 e. The molecule has 1 aliphatic rings. The molecular formula is C28H26N2O6. The minimum atomic E-state index is -0.825. The highest BCUT2D eigenvalue weighted by Gasteiger charge is 2.37. The number of hydrogen-bond donors (Lipinski definition) is 1. The van der Waals surface area contributed by atoms with Crippen LogP contribution in [-0.4, -0.2) is 31.1 Å². The lowest BCUT2D eigenvalue weighted by Crippen LogP contribution is -2.54. The Morgan fingerprint density at radius 2 is 1.61 bits per heavy atom. The van der Waals surface area contributed by atoms with Crippen molar-refractivity contribution in [3.63, 3.8) is 0 Å². The predicted octanol–water partition coefficient (Wildman–Crippen LogP) is 4.73. The number of barbiturate groups is 1. The first-order valence-electron chi connectivity index (χ1n) is 11.4. The molecule has 0 aromatic heterocycles. The second-order valence-electron chi connectivity index (χ2n) is 8.30. The summed E-state index contributed by atoms with van der Waals surface area (Å²) in [5, 5.41) is 2.23. The second-order valence-corrected chi connectivity index (χ2v) is 8.30. The van der Waals surface area contributed by atoms with Crippen LogP contribution in [0.2, 0.25) is 0 Å². The third kappa shape index (κ3) is 5.55. The van der Waals surface area contributed by atoms with Crippen molar-refractivity contribution in [2.75, 3.05) is 12.0 Å². The lowest BCUT2D eigenvalue weighted by Gasteiger charge is -2.26. The largest absolute Gasteiger partial charge is 0.497 e. The fourth-order valence-corrected chi connectivity index (χ4v) is 3.60. The average molecular weight is 487 g/mol. The molecule has 1 aliphatic heterocycles. The van der Waals surface area contributed by atoms with Crippen LogP contribution in [0.5, 0.6) is 17.2 Å². The summed E-state index contributed by atoms with van der Waals surface area (Å²) in [6, 6.07) is 20.4. The van der Waals surface area contributed by atoms with E-state index in [4.69, 9.17) is 14.2 Å². The Kier molecular flexibility index (Phi) is 7.34. The summed E-state index contributed by atoms with van der Waals surface area (Å²) in [6.45, 7) is 4.11. The molecule has 0 saturated carbocycles. The van der Waals surface area contributed by atoms with Gasteiger partial charge in [0.2, 0.25) is 0 Å². The molecule has 3 aromatic rings. The van der Waals surface area contributed by atoms with Gasteiger partial charge in [0.1, 0.15) is 29.4 Å². The van der Waals surface area contributed by atoms with Crippen LogP contribution in [0.1, 0.15) is 25.0 Å². The quantitative estimate of drug-likeness (QED) is 0.366. The molecule has 0 spiro atoms. The van der Waals surface area contributed by atoms with E-state index in [1.54, 1.807) is 42.5 Å². The number of anilines is 1. The van der Waals surface area contributed by atoms with E-state index in [1.807, 2.05) is 44.2 Å². The molecule has 1 heterocycles. The van der Waals surface area contributed by atoms with Crippen molar-refractivity contribution in [2.45, 2.75) is 26.6 Å². The van der Waals surface area contributed by atoms with Crippen LogP contribution in [-0.2, 0) is 16.2 Å². The smallest absolute Gasteiger partial charge is 0.335 e. The minimum absolute atomic E-state index is 0.147. The van der Waals surface area contributed by atoms with E-state index in [9.17, 15) is 14.4 Å². The molecule has 36 heavy (non-hydrogen) atoms. The number of carbonyl (C=O) groups excluding carboxylic acids is 3. The van der Waals surface area contributed by atoms with Crippen LogP contribution < -0.4 is 24.4 Å². The van der Waals surface area contributed by atoms with Gasteiger partial charge in [-0.05, 0) is 61.9 Å². The van der Waals surface area contributed by atoms with E-state index in [0.717, 1.165) is 10.5 Å². The molecular weight excluding hydrogens is 460 g/mol. The molecule has 0 unspecified atom stereocenters. The molecule has 1 N–H and O–H groups in total. The van der Waals surface area contributed by atoms with Gasteiger partial charge in [-0.1, -0.05) is 30.3 Å². The van der Waals surface area contributed by atoms with Gasteiger partial charge in [0.15, 0.2) is 0 Å². The first kappa shape index (κ1) is 24.5. The van der Waals surface area contributed by atoms with Crippen LogP contribution in [0.4, 0.5) is 10.5 Å². The maximum atomic E-state index is 13.3. The number of nitrogens with zero attached hydrogens (tertiary/aromatic N) is 1. The lowest BCUT2D eigenvalue weighted by molar-refractivity contribution is -0.122. The SMILES string of the molecule is COc1ccc(/C=C2\C(=O)NC(=O)N(c3ccc(OCc4ccccc4)cc3)C2=O)c(OC(C)C)c1. The van der Waals surface area contributed by atoms with Crippen molar-refractivity contribution >= 4 is 29.6 Å². The molecule has 0 atom stereocenters. The van der Waals surface area contributed by atoms with Gasteiger partial charge < -0.3 is 14.2 Å². The zero-order valence-corrected chi connectivity index (χ0v) is 20.2. The Morgan fingerprint density at radius 3 is 2.28 bits per heavy atom. The van der Waals surface area contributed by atoms with Crippen molar-refractivity contribution < 1.29 is 28.6 Å². The molecule has 0 bridgehead atoms. The molecule has 184 valence electrons. The second kappa shape index (κ2) is 10.8. The summed E-state index contributed by atoms with van der Waals surface area (Å²) < 4.78 is 16.9. The Bertz CT molecular complexity index is 1300. The van der Waals surface area contributed by atoms with E-state index in [0.29, 0.717) is 35.1 Å². The molecule has 4 rings (SSSR count). The van der Waals surface area contributed by atoms with Crippen molar-refractivity contribution in [3.05, 3.63) is 89.5 Å². The van der Waals surface area contributed by atoms with Crippen LogP contribution in [0.3, 0.4) is 0 Å². The fraction of sp³-hybridized carbons (Fsp3) is 0.179. The number of urea groups is 1. The topological polar surface area (TPSA) is 94.2 Å². The van der Waals surface area contributed by atoms with Gasteiger partial charge >= 0.3 is 6.03 Å². The Balaban J connectivity index is 1.58. The summed E-state index contributed by atoms with van der Waals surface area (Å²) in [5.74, 6) is 0.0656. The molecule has 8 heteroatoms. The van der Waals surface area contributed by atoms with Crippen LogP contribution in [0, 0.1) is 0 Å². The van der Waals surface area contributed by atoms with Crippen LogP contribution in [0.25, 0.3) is 6.08 Å². The third-order valence-electron chi connectivity index (χ3n) is 5.33. The maximum absolute atomic E-state index is 13.3. The van der Waals surface area contributed by atoms with Gasteiger partial charge in [0, 0.05) is 11.6 Å². The van der Waals surface area contributed by atoms with Crippen molar-refractivity contribution in [3.8, 4) is 17.2 Å². The van der Waals surface area contributed by atoms with Gasteiger partial charge in [-0.3, -0.25) is 14.9 Å². The highest BCUT2D eigenvalue weighted by atomic mass is 16.5. The van der Waals surface area contributed by atoms with Gasteiger partial charge in [0.05, 0.1) is 18.9 Å². The van der Waals surface area contributed by atoms with Crippen molar-refractivity contribution in [2.24, 2.45) is 0 Å². The number of benzene rings is 3. The normalized spacial score (nSPS) is 14.7. The highest BCUT2D eigenvalue weighted by molar-refractivity contribution is 6.39. The van der Waals surface area contributed by atoms with Crippen molar-refractivity contribution in [1.29, 1.82) is 0 Å². The van der Waals surface area contributed by atoms with E-state index in [2.05, 4.69) is 5.32 Å². The fourth-order valence-electron chi connectivity index (χ4n) is 3.60. The van der Waals surface area contributed by atoms with Gasteiger partial charge in [0.25, 0.3) is 11.8 Å². The molecule has 4 amide bonds. The number of imide groups is 2. The summed E-state index contributed by atoms with van der Waals surface area (Å²) in [4.78, 5) is 39.4. The molecule has 3 aromatic carbocycles. The first-order valence-corrected chi connectivity index (χ1v) is 11.4. The summed E-state index contributed by atoms with van der Waals surface area (Å²) in [5.41, 5.74) is 1.62. The van der Waals surface area contributed by atoms with Gasteiger partial charge in [-0.2, -0.15) is 0 Å². The van der Waals surface area contributed by atoms with Crippen LogP contribution >= 0.6 is 0 Å². The Morgan fingerprint density at radius 1 is 0.917 bits per heavy atom.